The van der Waals surface area contributed by atoms with Gasteiger partial charge in [-0.2, -0.15) is 0 Å². The molecule has 1 aromatic rings. The van der Waals surface area contributed by atoms with E-state index in [0.29, 0.717) is 6.42 Å². The second-order valence-corrected chi connectivity index (χ2v) is 6.71. The molecule has 1 heterocycles. The van der Waals surface area contributed by atoms with E-state index in [9.17, 15) is 5.11 Å². The topological polar surface area (TPSA) is 33.1 Å². The maximum absolute atomic E-state index is 10.4. The predicted molar refractivity (Wildman–Crippen MR) is 67.9 cm³/mol. The molecule has 0 amide bonds. The normalized spacial score (nSPS) is 20.5. The van der Waals surface area contributed by atoms with Gasteiger partial charge in [-0.25, -0.2) is 4.98 Å². The van der Waals surface area contributed by atoms with Gasteiger partial charge in [0.25, 0.3) is 0 Å². The second-order valence-electron chi connectivity index (χ2n) is 5.42. The maximum Gasteiger partial charge on any atom is 0.0959 e. The minimum Gasteiger partial charge on any atom is -0.390 e. The molecule has 1 fully saturated rings. The number of aliphatic hydroxyl groups is 1. The summed E-state index contributed by atoms with van der Waals surface area (Å²) in [6.45, 7) is 6.09. The molecule has 16 heavy (non-hydrogen) atoms. The average molecular weight is 239 g/mol. The summed E-state index contributed by atoms with van der Waals surface area (Å²) in [5.74, 6) is 0.747. The van der Waals surface area contributed by atoms with Crippen LogP contribution in [0, 0.1) is 19.8 Å². The molecule has 0 aliphatic heterocycles. The van der Waals surface area contributed by atoms with Crippen LogP contribution in [0.1, 0.15) is 48.2 Å². The number of aryl methyl sites for hydroxylation is 2. The molecule has 2 rings (SSSR count). The molecule has 1 saturated carbocycles. The quantitative estimate of drug-likeness (QED) is 0.875. The van der Waals surface area contributed by atoms with Gasteiger partial charge in [0.05, 0.1) is 16.3 Å². The molecule has 1 aromatic heterocycles. The van der Waals surface area contributed by atoms with E-state index >= 15 is 0 Å². The Bertz CT molecular complexity index is 347. The molecule has 0 radical (unpaired) electrons. The SMILES string of the molecule is Cc1nc(CC(C)(O)CC2CCC2)sc1C. The van der Waals surface area contributed by atoms with Crippen molar-refractivity contribution in [1.82, 2.24) is 4.98 Å². The lowest BCUT2D eigenvalue weighted by Crippen LogP contribution is -2.32. The fourth-order valence-corrected chi connectivity index (χ4v) is 3.44. The van der Waals surface area contributed by atoms with Crippen LogP contribution in [-0.4, -0.2) is 15.7 Å². The lowest BCUT2D eigenvalue weighted by Gasteiger charge is -2.33. The van der Waals surface area contributed by atoms with Crippen molar-refractivity contribution < 1.29 is 5.11 Å². The number of hydrogen-bond acceptors (Lipinski definition) is 3. The van der Waals surface area contributed by atoms with E-state index in [4.69, 9.17) is 0 Å². The van der Waals surface area contributed by atoms with Gasteiger partial charge in [0.15, 0.2) is 0 Å². The summed E-state index contributed by atoms with van der Waals surface area (Å²) in [4.78, 5) is 5.78. The van der Waals surface area contributed by atoms with Crippen LogP contribution in [0.4, 0.5) is 0 Å². The maximum atomic E-state index is 10.4. The molecule has 3 heteroatoms. The molecule has 1 aliphatic rings. The van der Waals surface area contributed by atoms with Crippen LogP contribution in [0.25, 0.3) is 0 Å². The van der Waals surface area contributed by atoms with Crippen molar-refractivity contribution in [2.45, 2.75) is 58.5 Å². The Kier molecular flexibility index (Phi) is 3.36. The zero-order valence-electron chi connectivity index (χ0n) is 10.4. The molecule has 1 N–H and O–H groups in total. The number of rotatable bonds is 4. The predicted octanol–water partition coefficient (Wildman–Crippen LogP) is 3.24. The first-order chi connectivity index (χ1) is 7.46. The van der Waals surface area contributed by atoms with Crippen molar-refractivity contribution in [3.63, 3.8) is 0 Å². The van der Waals surface area contributed by atoms with Gasteiger partial charge < -0.3 is 5.11 Å². The Labute approximate surface area is 102 Å². The number of thiazole rings is 1. The van der Waals surface area contributed by atoms with Crippen LogP contribution in [-0.2, 0) is 6.42 Å². The van der Waals surface area contributed by atoms with Crippen LogP contribution < -0.4 is 0 Å². The van der Waals surface area contributed by atoms with Gasteiger partial charge in [-0.3, -0.25) is 0 Å². The summed E-state index contributed by atoms with van der Waals surface area (Å²) in [6.07, 6.45) is 5.59. The minimum atomic E-state index is -0.568. The first-order valence-electron chi connectivity index (χ1n) is 6.11. The second kappa shape index (κ2) is 4.46. The van der Waals surface area contributed by atoms with Crippen molar-refractivity contribution in [2.24, 2.45) is 5.92 Å². The van der Waals surface area contributed by atoms with Crippen LogP contribution >= 0.6 is 11.3 Å². The fraction of sp³-hybridized carbons (Fsp3) is 0.769. The third-order valence-corrected chi connectivity index (χ3v) is 4.63. The molecule has 0 spiro atoms. The minimum absolute atomic E-state index is 0.568. The largest absolute Gasteiger partial charge is 0.390 e. The van der Waals surface area contributed by atoms with E-state index in [0.717, 1.165) is 23.0 Å². The zero-order valence-corrected chi connectivity index (χ0v) is 11.2. The van der Waals surface area contributed by atoms with Gasteiger partial charge in [-0.05, 0) is 33.1 Å². The number of aromatic nitrogens is 1. The summed E-state index contributed by atoms with van der Waals surface area (Å²) in [5.41, 5.74) is 0.543. The van der Waals surface area contributed by atoms with Crippen LogP contribution in [0.5, 0.6) is 0 Å². The molecule has 90 valence electrons. The van der Waals surface area contributed by atoms with Crippen LogP contribution in [0.15, 0.2) is 0 Å². The highest BCUT2D eigenvalue weighted by Gasteiger charge is 2.30. The Hall–Kier alpha value is -0.410. The first kappa shape index (κ1) is 12.1. The standard InChI is InChI=1S/C13H21NOS/c1-9-10(2)16-12(14-9)8-13(3,15)7-11-5-4-6-11/h11,15H,4-8H2,1-3H3. The first-order valence-corrected chi connectivity index (χ1v) is 6.93. The fourth-order valence-electron chi connectivity index (χ4n) is 2.33. The number of nitrogens with zero attached hydrogens (tertiary/aromatic N) is 1. The van der Waals surface area contributed by atoms with Crippen molar-refractivity contribution >= 4 is 11.3 Å². The van der Waals surface area contributed by atoms with E-state index in [1.807, 2.05) is 13.8 Å². The summed E-state index contributed by atoms with van der Waals surface area (Å²) in [7, 11) is 0. The van der Waals surface area contributed by atoms with Crippen molar-refractivity contribution in [1.29, 1.82) is 0 Å². The van der Waals surface area contributed by atoms with E-state index in [2.05, 4.69) is 11.9 Å². The van der Waals surface area contributed by atoms with E-state index in [1.165, 1.54) is 24.1 Å². The Balaban J connectivity index is 1.96. The van der Waals surface area contributed by atoms with Gasteiger partial charge in [0.1, 0.15) is 0 Å². The van der Waals surface area contributed by atoms with Gasteiger partial charge in [0.2, 0.25) is 0 Å². The zero-order chi connectivity index (χ0) is 11.8. The van der Waals surface area contributed by atoms with Crippen molar-refractivity contribution in [2.75, 3.05) is 0 Å². The molecule has 1 atom stereocenters. The Morgan fingerprint density at radius 2 is 2.12 bits per heavy atom. The summed E-state index contributed by atoms with van der Waals surface area (Å²) in [6, 6.07) is 0. The molecule has 1 aliphatic carbocycles. The molecule has 2 nitrogen and oxygen atoms in total. The summed E-state index contributed by atoms with van der Waals surface area (Å²) >= 11 is 1.72. The molecular formula is C13H21NOS. The highest BCUT2D eigenvalue weighted by Crippen LogP contribution is 2.35. The van der Waals surface area contributed by atoms with Crippen LogP contribution in [0.3, 0.4) is 0 Å². The third kappa shape index (κ3) is 2.83. The summed E-state index contributed by atoms with van der Waals surface area (Å²) < 4.78 is 0. The highest BCUT2D eigenvalue weighted by molar-refractivity contribution is 7.11. The van der Waals surface area contributed by atoms with Gasteiger partial charge in [-0.1, -0.05) is 19.3 Å². The van der Waals surface area contributed by atoms with Gasteiger partial charge >= 0.3 is 0 Å². The Morgan fingerprint density at radius 1 is 1.44 bits per heavy atom. The Morgan fingerprint density at radius 3 is 2.56 bits per heavy atom. The molecule has 1 unspecified atom stereocenters. The molecule has 0 saturated heterocycles. The third-order valence-electron chi connectivity index (χ3n) is 3.56. The van der Waals surface area contributed by atoms with E-state index in [1.54, 1.807) is 11.3 Å². The van der Waals surface area contributed by atoms with Crippen LogP contribution in [0.2, 0.25) is 0 Å². The van der Waals surface area contributed by atoms with E-state index in [-0.39, 0.29) is 0 Å². The van der Waals surface area contributed by atoms with Gasteiger partial charge in [0, 0.05) is 11.3 Å². The molecule has 0 bridgehead atoms. The molecule has 0 aromatic carbocycles. The lowest BCUT2D eigenvalue weighted by atomic mass is 9.77. The lowest BCUT2D eigenvalue weighted by molar-refractivity contribution is 0.0204. The average Bonchev–Trinajstić information content (AvgIpc) is 2.38. The number of hydrogen-bond donors (Lipinski definition) is 1. The molecular weight excluding hydrogens is 218 g/mol. The van der Waals surface area contributed by atoms with Gasteiger partial charge in [-0.15, -0.1) is 11.3 Å². The monoisotopic (exact) mass is 239 g/mol. The highest BCUT2D eigenvalue weighted by atomic mass is 32.1. The van der Waals surface area contributed by atoms with Crippen molar-refractivity contribution in [3.8, 4) is 0 Å². The van der Waals surface area contributed by atoms with Crippen molar-refractivity contribution in [3.05, 3.63) is 15.6 Å². The summed E-state index contributed by atoms with van der Waals surface area (Å²) in [5, 5.41) is 11.5. The van der Waals surface area contributed by atoms with E-state index < -0.39 is 5.60 Å². The smallest absolute Gasteiger partial charge is 0.0959 e.